The summed E-state index contributed by atoms with van der Waals surface area (Å²) in [5.74, 6) is 0.751. The molecule has 1 aromatic carbocycles. The largest absolute Gasteiger partial charge is 0.432 e. The Morgan fingerprint density at radius 1 is 1.33 bits per heavy atom. The van der Waals surface area contributed by atoms with Crippen LogP contribution < -0.4 is 10.1 Å². The Hall–Kier alpha value is -2.34. The number of nitro groups is 1. The van der Waals surface area contributed by atoms with E-state index in [2.05, 4.69) is 10.3 Å². The number of para-hydroxylation sites is 1. The van der Waals surface area contributed by atoms with Gasteiger partial charge < -0.3 is 10.1 Å². The zero-order valence-corrected chi connectivity index (χ0v) is 12.1. The lowest BCUT2D eigenvalue weighted by Gasteiger charge is -2.09. The highest BCUT2D eigenvalue weighted by Gasteiger charge is 2.19. The van der Waals surface area contributed by atoms with Gasteiger partial charge in [-0.15, -0.1) is 0 Å². The van der Waals surface area contributed by atoms with Gasteiger partial charge in [0.25, 0.3) is 0 Å². The Balaban J connectivity index is 2.34. The van der Waals surface area contributed by atoms with E-state index in [0.717, 1.165) is 13.0 Å². The molecule has 0 saturated heterocycles. The van der Waals surface area contributed by atoms with E-state index in [4.69, 9.17) is 16.3 Å². The number of nitrogens with zero attached hydrogens (tertiary/aromatic N) is 2. The number of pyridine rings is 1. The van der Waals surface area contributed by atoms with Gasteiger partial charge in [0, 0.05) is 12.6 Å². The first-order valence-corrected chi connectivity index (χ1v) is 6.81. The van der Waals surface area contributed by atoms with Crippen LogP contribution in [0, 0.1) is 10.1 Å². The molecule has 6 nitrogen and oxygen atoms in total. The van der Waals surface area contributed by atoms with Crippen LogP contribution in [0.1, 0.15) is 13.3 Å². The fraction of sp³-hybridized carbons (Fsp3) is 0.214. The Morgan fingerprint density at radius 2 is 2.10 bits per heavy atom. The summed E-state index contributed by atoms with van der Waals surface area (Å²) < 4.78 is 5.50. The number of anilines is 1. The molecule has 0 bridgehead atoms. The van der Waals surface area contributed by atoms with Crippen LogP contribution in [0.15, 0.2) is 36.4 Å². The fourth-order valence-corrected chi connectivity index (χ4v) is 1.80. The summed E-state index contributed by atoms with van der Waals surface area (Å²) in [6, 6.07) is 9.65. The van der Waals surface area contributed by atoms with E-state index in [1.165, 1.54) is 6.07 Å². The van der Waals surface area contributed by atoms with Crippen molar-refractivity contribution in [3.8, 4) is 11.6 Å². The van der Waals surface area contributed by atoms with E-state index in [9.17, 15) is 10.1 Å². The van der Waals surface area contributed by atoms with Crippen LogP contribution in [0.3, 0.4) is 0 Å². The van der Waals surface area contributed by atoms with E-state index < -0.39 is 4.92 Å². The van der Waals surface area contributed by atoms with Crippen LogP contribution >= 0.6 is 11.6 Å². The molecule has 0 amide bonds. The molecule has 0 spiro atoms. The zero-order chi connectivity index (χ0) is 15.2. The van der Waals surface area contributed by atoms with Crippen molar-refractivity contribution < 1.29 is 9.66 Å². The smallest absolute Gasteiger partial charge is 0.331 e. The van der Waals surface area contributed by atoms with Gasteiger partial charge in [-0.2, -0.15) is 4.98 Å². The first-order chi connectivity index (χ1) is 10.1. The maximum absolute atomic E-state index is 11.1. The number of ether oxygens (including phenoxy) is 1. The average molecular weight is 308 g/mol. The van der Waals surface area contributed by atoms with Crippen molar-refractivity contribution in [2.24, 2.45) is 0 Å². The van der Waals surface area contributed by atoms with Crippen molar-refractivity contribution in [3.05, 3.63) is 51.5 Å². The molecule has 0 fully saturated rings. The molecule has 2 rings (SSSR count). The molecule has 2 aromatic rings. The topological polar surface area (TPSA) is 77.3 Å². The number of aromatic nitrogens is 1. The van der Waals surface area contributed by atoms with Crippen LogP contribution in [0.4, 0.5) is 11.5 Å². The van der Waals surface area contributed by atoms with Crippen molar-refractivity contribution in [1.29, 1.82) is 0 Å². The van der Waals surface area contributed by atoms with Gasteiger partial charge in [0.05, 0.1) is 9.95 Å². The second-order valence-corrected chi connectivity index (χ2v) is 4.64. The first-order valence-electron chi connectivity index (χ1n) is 6.43. The van der Waals surface area contributed by atoms with Crippen LogP contribution in [0.5, 0.6) is 11.6 Å². The molecule has 1 aromatic heterocycles. The van der Waals surface area contributed by atoms with E-state index >= 15 is 0 Å². The van der Waals surface area contributed by atoms with Gasteiger partial charge in [-0.1, -0.05) is 30.7 Å². The molecular weight excluding hydrogens is 294 g/mol. The number of hydrogen-bond donors (Lipinski definition) is 1. The van der Waals surface area contributed by atoms with Gasteiger partial charge in [-0.3, -0.25) is 10.1 Å². The summed E-state index contributed by atoms with van der Waals surface area (Å²) in [6.07, 6.45) is 0.916. The lowest BCUT2D eigenvalue weighted by molar-refractivity contribution is -0.386. The maximum atomic E-state index is 11.1. The third-order valence-electron chi connectivity index (χ3n) is 2.64. The van der Waals surface area contributed by atoms with Crippen LogP contribution in [0.2, 0.25) is 5.02 Å². The van der Waals surface area contributed by atoms with Gasteiger partial charge >= 0.3 is 11.6 Å². The van der Waals surface area contributed by atoms with Crippen LogP contribution in [-0.2, 0) is 0 Å². The Bertz CT molecular complexity index is 649. The molecule has 0 aliphatic carbocycles. The Labute approximate surface area is 126 Å². The molecule has 0 unspecified atom stereocenters. The highest BCUT2D eigenvalue weighted by atomic mass is 35.5. The van der Waals surface area contributed by atoms with Gasteiger partial charge in [0.2, 0.25) is 0 Å². The van der Waals surface area contributed by atoms with Gasteiger partial charge in [-0.05, 0) is 24.6 Å². The highest BCUT2D eigenvalue weighted by Crippen LogP contribution is 2.34. The molecule has 0 radical (unpaired) electrons. The number of halogens is 1. The summed E-state index contributed by atoms with van der Waals surface area (Å²) in [4.78, 5) is 14.6. The number of nitrogens with one attached hydrogen (secondary N) is 1. The predicted molar refractivity (Wildman–Crippen MR) is 81.2 cm³/mol. The summed E-state index contributed by atoms with van der Waals surface area (Å²) in [7, 11) is 0. The summed E-state index contributed by atoms with van der Waals surface area (Å²) >= 11 is 5.99. The summed E-state index contributed by atoms with van der Waals surface area (Å²) in [6.45, 7) is 2.73. The van der Waals surface area contributed by atoms with Gasteiger partial charge in [-0.25, -0.2) is 0 Å². The minimum Gasteiger partial charge on any atom is -0.432 e. The average Bonchev–Trinajstić information content (AvgIpc) is 2.47. The minimum atomic E-state index is -0.539. The third-order valence-corrected chi connectivity index (χ3v) is 2.95. The van der Waals surface area contributed by atoms with Gasteiger partial charge in [0.15, 0.2) is 0 Å². The Kier molecular flexibility index (Phi) is 4.94. The summed E-state index contributed by atoms with van der Waals surface area (Å²) in [5, 5.41) is 14.5. The summed E-state index contributed by atoms with van der Waals surface area (Å²) in [5.41, 5.74) is -0.211. The van der Waals surface area contributed by atoms with E-state index in [0.29, 0.717) is 16.6 Å². The molecule has 7 heteroatoms. The van der Waals surface area contributed by atoms with Crippen molar-refractivity contribution in [2.45, 2.75) is 13.3 Å². The second-order valence-electron chi connectivity index (χ2n) is 4.24. The molecule has 0 atom stereocenters. The zero-order valence-electron chi connectivity index (χ0n) is 11.4. The maximum Gasteiger partial charge on any atom is 0.331 e. The minimum absolute atomic E-state index is 0.0887. The highest BCUT2D eigenvalue weighted by molar-refractivity contribution is 6.32. The monoisotopic (exact) mass is 307 g/mol. The number of hydrogen-bond acceptors (Lipinski definition) is 5. The fourth-order valence-electron chi connectivity index (χ4n) is 1.63. The predicted octanol–water partition coefficient (Wildman–Crippen LogP) is 4.26. The molecular formula is C14H14ClN3O3. The molecule has 110 valence electrons. The van der Waals surface area contributed by atoms with E-state index in [1.807, 2.05) is 6.92 Å². The third kappa shape index (κ3) is 3.82. The standard InChI is InChI=1S/C14H14ClN3O3/c1-2-9-16-13-8-7-11(18(19)20)14(17-13)21-12-6-4-3-5-10(12)15/h3-8H,2,9H2,1H3,(H,16,17). The molecule has 1 heterocycles. The molecule has 0 aliphatic heterocycles. The molecule has 21 heavy (non-hydrogen) atoms. The molecule has 0 saturated carbocycles. The quantitative estimate of drug-likeness (QED) is 0.637. The first kappa shape index (κ1) is 15.1. The number of benzene rings is 1. The lowest BCUT2D eigenvalue weighted by Crippen LogP contribution is -2.04. The normalized spacial score (nSPS) is 10.2. The number of rotatable bonds is 6. The van der Waals surface area contributed by atoms with E-state index in [1.54, 1.807) is 30.3 Å². The van der Waals surface area contributed by atoms with Crippen LogP contribution in [0.25, 0.3) is 0 Å². The van der Waals surface area contributed by atoms with Crippen molar-refractivity contribution in [2.75, 3.05) is 11.9 Å². The molecule has 1 N–H and O–H groups in total. The van der Waals surface area contributed by atoms with Crippen LogP contribution in [-0.4, -0.2) is 16.5 Å². The molecule has 0 aliphatic rings. The van der Waals surface area contributed by atoms with Crippen molar-refractivity contribution in [3.63, 3.8) is 0 Å². The lowest BCUT2D eigenvalue weighted by atomic mass is 10.3. The Morgan fingerprint density at radius 3 is 2.76 bits per heavy atom. The van der Waals surface area contributed by atoms with E-state index in [-0.39, 0.29) is 11.6 Å². The van der Waals surface area contributed by atoms with Gasteiger partial charge in [0.1, 0.15) is 11.6 Å². The second kappa shape index (κ2) is 6.90. The van der Waals surface area contributed by atoms with Crippen molar-refractivity contribution >= 4 is 23.1 Å². The van der Waals surface area contributed by atoms with Crippen molar-refractivity contribution in [1.82, 2.24) is 4.98 Å². The SMILES string of the molecule is CCCNc1ccc([N+](=O)[O-])c(Oc2ccccc2Cl)n1.